The molecule has 0 unspecified atom stereocenters. The lowest BCUT2D eigenvalue weighted by Gasteiger charge is -2.19. The monoisotopic (exact) mass is 612 g/mol. The predicted molar refractivity (Wildman–Crippen MR) is 174 cm³/mol. The van der Waals surface area contributed by atoms with Gasteiger partial charge in [0.25, 0.3) is 0 Å². The van der Waals surface area contributed by atoms with Crippen LogP contribution in [0.2, 0.25) is 0 Å². The lowest BCUT2D eigenvalue weighted by molar-refractivity contribution is 0.0515. The standard InChI is InChI=1S/C36H28N4O6/c1-3-45-35(43)27-25-29(39(33(27)37)23-17-9-13-19-11-5-7-15-21(19)23)32(42)26-28(36(44)46-4-2)34(38)40(30(26)31(25)41)24-18-10-14-20-12-6-8-16-22(20)24/h5-18H,3-4,37-38H2,1-2H3. The van der Waals surface area contributed by atoms with Crippen molar-refractivity contribution in [1.29, 1.82) is 0 Å². The molecule has 0 bridgehead atoms. The first-order valence-electron chi connectivity index (χ1n) is 14.8. The molecule has 0 fully saturated rings. The number of ether oxygens (including phenoxy) is 2. The number of rotatable bonds is 6. The number of hydrogen-bond donors (Lipinski definition) is 2. The highest BCUT2D eigenvalue weighted by Crippen LogP contribution is 2.43. The molecule has 46 heavy (non-hydrogen) atoms. The Morgan fingerprint density at radius 2 is 0.957 bits per heavy atom. The fourth-order valence-electron chi connectivity index (χ4n) is 6.42. The topological polar surface area (TPSA) is 149 Å². The summed E-state index contributed by atoms with van der Waals surface area (Å²) in [5.41, 5.74) is 13.1. The molecule has 6 aromatic rings. The number of nitrogen functional groups attached to an aromatic ring is 2. The summed E-state index contributed by atoms with van der Waals surface area (Å²) in [4.78, 5) is 56.8. The number of nitrogens with two attached hydrogens (primary N) is 2. The molecule has 2 heterocycles. The summed E-state index contributed by atoms with van der Waals surface area (Å²) < 4.78 is 13.5. The van der Waals surface area contributed by atoms with Gasteiger partial charge in [0.2, 0.25) is 11.6 Å². The highest BCUT2D eigenvalue weighted by Gasteiger charge is 2.46. The maximum absolute atomic E-state index is 14.9. The van der Waals surface area contributed by atoms with Crippen LogP contribution in [-0.4, -0.2) is 45.9 Å². The SMILES string of the molecule is CCOC(=O)c1c2c(n(-c3cccc4ccccc34)c1N)C(=O)c1c(C(=O)OCC)c(N)n(-c3cccc4ccccc34)c1C2=O. The Hall–Kier alpha value is -6.16. The van der Waals surface area contributed by atoms with E-state index in [1.165, 1.54) is 9.13 Å². The number of anilines is 2. The molecule has 4 N–H and O–H groups in total. The van der Waals surface area contributed by atoms with Crippen molar-refractivity contribution in [2.45, 2.75) is 13.8 Å². The van der Waals surface area contributed by atoms with Gasteiger partial charge in [0.05, 0.1) is 35.7 Å². The lowest BCUT2D eigenvalue weighted by atomic mass is 9.88. The number of esters is 2. The molecule has 0 aliphatic heterocycles. The molecule has 2 aromatic heterocycles. The minimum atomic E-state index is -0.860. The molecule has 0 atom stereocenters. The van der Waals surface area contributed by atoms with Gasteiger partial charge in [0.15, 0.2) is 0 Å². The number of ketones is 2. The molecule has 1 aliphatic carbocycles. The van der Waals surface area contributed by atoms with Crippen LogP contribution < -0.4 is 11.5 Å². The Morgan fingerprint density at radius 3 is 1.35 bits per heavy atom. The van der Waals surface area contributed by atoms with Crippen LogP contribution >= 0.6 is 0 Å². The van der Waals surface area contributed by atoms with Gasteiger partial charge in [-0.25, -0.2) is 9.59 Å². The van der Waals surface area contributed by atoms with Gasteiger partial charge < -0.3 is 20.9 Å². The van der Waals surface area contributed by atoms with E-state index in [4.69, 9.17) is 20.9 Å². The molecule has 0 saturated carbocycles. The van der Waals surface area contributed by atoms with Crippen molar-refractivity contribution in [3.8, 4) is 11.4 Å². The second-order valence-electron chi connectivity index (χ2n) is 10.7. The second-order valence-corrected chi connectivity index (χ2v) is 10.7. The molecule has 228 valence electrons. The van der Waals surface area contributed by atoms with E-state index in [1.54, 1.807) is 38.1 Å². The first-order chi connectivity index (χ1) is 22.3. The third kappa shape index (κ3) is 3.96. The van der Waals surface area contributed by atoms with Gasteiger partial charge >= 0.3 is 11.9 Å². The van der Waals surface area contributed by atoms with Crippen molar-refractivity contribution in [2.75, 3.05) is 24.7 Å². The highest BCUT2D eigenvalue weighted by atomic mass is 16.5. The first-order valence-corrected chi connectivity index (χ1v) is 14.8. The lowest BCUT2D eigenvalue weighted by Crippen LogP contribution is -2.26. The van der Waals surface area contributed by atoms with Crippen LogP contribution in [0.3, 0.4) is 0 Å². The summed E-state index contributed by atoms with van der Waals surface area (Å²) in [5, 5.41) is 3.12. The van der Waals surface area contributed by atoms with Crippen molar-refractivity contribution in [3.63, 3.8) is 0 Å². The molecule has 7 rings (SSSR count). The minimum absolute atomic E-state index is 0.00617. The molecule has 4 aromatic carbocycles. The van der Waals surface area contributed by atoms with Crippen LogP contribution in [0.1, 0.15) is 66.7 Å². The van der Waals surface area contributed by atoms with E-state index in [2.05, 4.69) is 0 Å². The number of carbonyl (C=O) groups excluding carboxylic acids is 4. The summed E-state index contributed by atoms with van der Waals surface area (Å²) in [6, 6.07) is 25.7. The van der Waals surface area contributed by atoms with Crippen molar-refractivity contribution >= 4 is 56.7 Å². The van der Waals surface area contributed by atoms with Crippen molar-refractivity contribution in [1.82, 2.24) is 9.13 Å². The van der Waals surface area contributed by atoms with E-state index < -0.39 is 23.5 Å². The summed E-state index contributed by atoms with van der Waals surface area (Å²) >= 11 is 0. The van der Waals surface area contributed by atoms with Gasteiger partial charge in [0, 0.05) is 10.8 Å². The van der Waals surface area contributed by atoms with Crippen LogP contribution in [0, 0.1) is 0 Å². The van der Waals surface area contributed by atoms with Crippen LogP contribution in [0.5, 0.6) is 0 Å². The molecule has 0 radical (unpaired) electrons. The molecule has 1 aliphatic rings. The van der Waals surface area contributed by atoms with Crippen LogP contribution in [0.15, 0.2) is 84.9 Å². The van der Waals surface area contributed by atoms with Gasteiger partial charge in [-0.05, 0) is 36.8 Å². The third-order valence-electron chi connectivity index (χ3n) is 8.27. The van der Waals surface area contributed by atoms with Crippen LogP contribution in [0.4, 0.5) is 11.6 Å². The Labute approximate surface area is 262 Å². The Bertz CT molecular complexity index is 2120. The summed E-state index contributed by atoms with van der Waals surface area (Å²) in [6.45, 7) is 3.27. The maximum atomic E-state index is 14.9. The molecule has 0 spiro atoms. The number of fused-ring (bicyclic) bond motifs is 4. The van der Waals surface area contributed by atoms with E-state index in [0.29, 0.717) is 11.4 Å². The van der Waals surface area contributed by atoms with Crippen molar-refractivity contribution in [3.05, 3.63) is 119 Å². The van der Waals surface area contributed by atoms with E-state index in [0.717, 1.165) is 21.5 Å². The average Bonchev–Trinajstić information content (AvgIpc) is 3.55. The molecule has 10 nitrogen and oxygen atoms in total. The normalized spacial score (nSPS) is 12.3. The highest BCUT2D eigenvalue weighted by molar-refractivity contribution is 6.34. The van der Waals surface area contributed by atoms with E-state index in [1.807, 2.05) is 60.7 Å². The molecule has 0 amide bonds. The van der Waals surface area contributed by atoms with E-state index in [9.17, 15) is 19.2 Å². The molecule has 10 heteroatoms. The quantitative estimate of drug-likeness (QED) is 0.222. The van der Waals surface area contributed by atoms with Crippen molar-refractivity contribution < 1.29 is 28.7 Å². The van der Waals surface area contributed by atoms with Crippen molar-refractivity contribution in [2.24, 2.45) is 0 Å². The van der Waals surface area contributed by atoms with Gasteiger partial charge in [0.1, 0.15) is 34.2 Å². The third-order valence-corrected chi connectivity index (χ3v) is 8.27. The smallest absolute Gasteiger partial charge is 0.342 e. The second kappa shape index (κ2) is 10.8. The van der Waals surface area contributed by atoms with E-state index in [-0.39, 0.29) is 58.5 Å². The van der Waals surface area contributed by atoms with Gasteiger partial charge in [-0.3, -0.25) is 18.7 Å². The fraction of sp³-hybridized carbons (Fsp3) is 0.111. The fourth-order valence-corrected chi connectivity index (χ4v) is 6.42. The zero-order valence-corrected chi connectivity index (χ0v) is 25.0. The summed E-state index contributed by atoms with van der Waals surface area (Å²) in [6.07, 6.45) is 0. The maximum Gasteiger partial charge on any atom is 0.342 e. The molecular formula is C36H28N4O6. The Balaban J connectivity index is 1.61. The number of aromatic nitrogens is 2. The first kappa shape index (κ1) is 28.6. The zero-order chi connectivity index (χ0) is 32.3. The van der Waals surface area contributed by atoms with E-state index >= 15 is 0 Å². The van der Waals surface area contributed by atoms with Crippen LogP contribution in [-0.2, 0) is 9.47 Å². The van der Waals surface area contributed by atoms with Gasteiger partial charge in [-0.15, -0.1) is 0 Å². The Kier molecular flexibility index (Phi) is 6.70. The summed E-state index contributed by atoms with van der Waals surface area (Å²) in [5.74, 6) is -3.44. The van der Waals surface area contributed by atoms with Crippen LogP contribution in [0.25, 0.3) is 32.9 Å². The number of hydrogen-bond acceptors (Lipinski definition) is 8. The molecular weight excluding hydrogens is 584 g/mol. The molecule has 0 saturated heterocycles. The Morgan fingerprint density at radius 1 is 0.587 bits per heavy atom. The average molecular weight is 613 g/mol. The number of nitrogens with zero attached hydrogens (tertiary/aromatic N) is 2. The minimum Gasteiger partial charge on any atom is -0.462 e. The largest absolute Gasteiger partial charge is 0.462 e. The number of benzene rings is 4. The van der Waals surface area contributed by atoms with Gasteiger partial charge in [-0.2, -0.15) is 0 Å². The predicted octanol–water partition coefficient (Wildman–Crippen LogP) is 5.87. The van der Waals surface area contributed by atoms with Gasteiger partial charge in [-0.1, -0.05) is 72.8 Å². The zero-order valence-electron chi connectivity index (χ0n) is 25.0. The number of carbonyl (C=O) groups is 4. The summed E-state index contributed by atoms with van der Waals surface area (Å²) in [7, 11) is 0.